The van der Waals surface area contributed by atoms with Gasteiger partial charge in [-0.1, -0.05) is 49.6 Å². The van der Waals surface area contributed by atoms with Crippen molar-refractivity contribution in [2.45, 2.75) is 90.1 Å². The van der Waals surface area contributed by atoms with E-state index in [1.54, 1.807) is 0 Å². The van der Waals surface area contributed by atoms with Gasteiger partial charge < -0.3 is 14.6 Å². The zero-order valence-electron chi connectivity index (χ0n) is 19.2. The molecule has 0 aliphatic heterocycles. The van der Waals surface area contributed by atoms with Crippen molar-refractivity contribution in [1.29, 1.82) is 0 Å². The molecule has 4 N–H and O–H groups in total. The van der Waals surface area contributed by atoms with Gasteiger partial charge in [-0.05, 0) is 64.6 Å². The highest BCUT2D eigenvalue weighted by molar-refractivity contribution is 6.64. The van der Waals surface area contributed by atoms with Crippen LogP contribution in [-0.2, 0) is 15.3 Å². The van der Waals surface area contributed by atoms with Crippen molar-refractivity contribution in [3.05, 3.63) is 35.9 Å². The minimum atomic E-state index is -2.32. The lowest BCUT2D eigenvalue weighted by Crippen LogP contribution is -2.54. The Morgan fingerprint density at radius 2 is 1.72 bits per heavy atom. The molecule has 1 aromatic carbocycles. The third-order valence-electron chi connectivity index (χ3n) is 5.32. The maximum Gasteiger partial charge on any atom is 0.332 e. The predicted octanol–water partition coefficient (Wildman–Crippen LogP) is 4.13. The minimum absolute atomic E-state index is 0.100. The summed E-state index contributed by atoms with van der Waals surface area (Å²) in [7, 11) is -2.32. The Balaban J connectivity index is 1.91. The summed E-state index contributed by atoms with van der Waals surface area (Å²) >= 11 is 0. The number of hydrogen-bond donors (Lipinski definition) is 3. The van der Waals surface area contributed by atoms with E-state index in [1.807, 2.05) is 6.07 Å². The number of nitrogens with one attached hydrogen (secondary N) is 2. The Hall–Kier alpha value is -0.763. The van der Waals surface area contributed by atoms with Crippen LogP contribution in [0.1, 0.15) is 58.4 Å². The van der Waals surface area contributed by atoms with Gasteiger partial charge >= 0.3 is 8.56 Å². The van der Waals surface area contributed by atoms with Gasteiger partial charge in [-0.2, -0.15) is 0 Å². The topological polar surface area (TPSA) is 68.5 Å². The highest BCUT2D eigenvalue weighted by atomic mass is 28.4. The van der Waals surface area contributed by atoms with Crippen LogP contribution in [0.3, 0.4) is 0 Å². The Kier molecular flexibility index (Phi) is 9.79. The summed E-state index contributed by atoms with van der Waals surface area (Å²) in [6.07, 6.45) is 7.46. The van der Waals surface area contributed by atoms with Crippen LogP contribution in [0.25, 0.3) is 0 Å². The minimum Gasteiger partial charge on any atom is -0.390 e. The third kappa shape index (κ3) is 10.2. The van der Waals surface area contributed by atoms with Crippen molar-refractivity contribution in [2.24, 2.45) is 11.7 Å². The molecule has 0 aromatic heterocycles. The number of hydrogen-bond acceptors (Lipinski definition) is 5. The molecule has 1 aliphatic rings. The van der Waals surface area contributed by atoms with Gasteiger partial charge in [0.05, 0.1) is 11.7 Å². The summed E-state index contributed by atoms with van der Waals surface area (Å²) < 4.78 is 12.8. The first-order valence-electron chi connectivity index (χ1n) is 11.3. The van der Waals surface area contributed by atoms with Crippen LogP contribution in [0.5, 0.6) is 0 Å². The summed E-state index contributed by atoms with van der Waals surface area (Å²) in [6, 6.07) is 10.3. The van der Waals surface area contributed by atoms with E-state index in [4.69, 9.17) is 14.6 Å². The molecule has 6 heteroatoms. The Morgan fingerprint density at radius 3 is 2.34 bits per heavy atom. The second kappa shape index (κ2) is 11.6. The quantitative estimate of drug-likeness (QED) is 0.285. The first-order chi connectivity index (χ1) is 13.6. The zero-order valence-corrected chi connectivity index (χ0v) is 20.2. The van der Waals surface area contributed by atoms with E-state index in [0.717, 1.165) is 18.9 Å². The SMILES string of the molecule is CC(C)(C)O[Si](C)(C)O[C@@H](CNNCC1CCCCC1)[C@@H](N)Cc1ccccc1. The molecule has 5 nitrogen and oxygen atoms in total. The average molecular weight is 422 g/mol. The van der Waals surface area contributed by atoms with Crippen LogP contribution < -0.4 is 16.6 Å². The summed E-state index contributed by atoms with van der Waals surface area (Å²) in [4.78, 5) is 0. The first kappa shape index (κ1) is 24.5. The fourth-order valence-electron chi connectivity index (χ4n) is 4.20. The van der Waals surface area contributed by atoms with Crippen molar-refractivity contribution in [3.8, 4) is 0 Å². The fraction of sp³-hybridized carbons (Fsp3) is 0.739. The monoisotopic (exact) mass is 421 g/mol. The Bertz CT molecular complexity index is 571. The van der Waals surface area contributed by atoms with Crippen molar-refractivity contribution >= 4 is 8.56 Å². The molecule has 1 saturated carbocycles. The van der Waals surface area contributed by atoms with Gasteiger partial charge in [0.2, 0.25) is 0 Å². The van der Waals surface area contributed by atoms with Crippen LogP contribution in [-0.4, -0.2) is 39.4 Å². The third-order valence-corrected chi connectivity index (χ3v) is 7.30. The van der Waals surface area contributed by atoms with Crippen LogP contribution >= 0.6 is 0 Å². The molecular formula is C23H43N3O2Si. The van der Waals surface area contributed by atoms with Gasteiger partial charge in [-0.15, -0.1) is 0 Å². The molecule has 29 heavy (non-hydrogen) atoms. The molecular weight excluding hydrogens is 378 g/mol. The van der Waals surface area contributed by atoms with Gasteiger partial charge in [0.1, 0.15) is 0 Å². The largest absolute Gasteiger partial charge is 0.390 e. The highest BCUT2D eigenvalue weighted by Gasteiger charge is 2.35. The molecule has 1 aliphatic carbocycles. The van der Waals surface area contributed by atoms with Gasteiger partial charge in [0, 0.05) is 19.1 Å². The molecule has 1 fully saturated rings. The molecule has 166 valence electrons. The second-order valence-electron chi connectivity index (χ2n) is 9.89. The van der Waals surface area contributed by atoms with E-state index in [9.17, 15) is 0 Å². The zero-order chi connectivity index (χ0) is 21.3. The van der Waals surface area contributed by atoms with Crippen molar-refractivity contribution < 1.29 is 8.85 Å². The van der Waals surface area contributed by atoms with Gasteiger partial charge in [-0.3, -0.25) is 10.9 Å². The molecule has 0 bridgehead atoms. The van der Waals surface area contributed by atoms with E-state index in [0.29, 0.717) is 6.54 Å². The van der Waals surface area contributed by atoms with Gasteiger partial charge in [0.15, 0.2) is 0 Å². The van der Waals surface area contributed by atoms with E-state index < -0.39 is 8.56 Å². The predicted molar refractivity (Wildman–Crippen MR) is 124 cm³/mol. The van der Waals surface area contributed by atoms with Crippen molar-refractivity contribution in [2.75, 3.05) is 13.1 Å². The summed E-state index contributed by atoms with van der Waals surface area (Å²) in [5.74, 6) is 0.781. The van der Waals surface area contributed by atoms with Crippen LogP contribution in [0, 0.1) is 5.92 Å². The maximum atomic E-state index is 6.62. The Morgan fingerprint density at radius 1 is 1.07 bits per heavy atom. The molecule has 0 unspecified atom stereocenters. The Labute approximate surface area is 179 Å². The van der Waals surface area contributed by atoms with E-state index in [-0.39, 0.29) is 17.7 Å². The number of rotatable bonds is 11. The molecule has 2 atom stereocenters. The molecule has 0 radical (unpaired) electrons. The molecule has 0 spiro atoms. The molecule has 2 rings (SSSR count). The lowest BCUT2D eigenvalue weighted by atomic mass is 9.89. The lowest BCUT2D eigenvalue weighted by Gasteiger charge is -2.37. The second-order valence-corrected chi connectivity index (χ2v) is 13.1. The number of nitrogens with two attached hydrogens (primary N) is 1. The van der Waals surface area contributed by atoms with E-state index in [2.05, 4.69) is 69.0 Å². The summed E-state index contributed by atoms with van der Waals surface area (Å²) in [5.41, 5.74) is 14.5. The van der Waals surface area contributed by atoms with Gasteiger partial charge in [-0.25, -0.2) is 0 Å². The first-order valence-corrected chi connectivity index (χ1v) is 14.1. The lowest BCUT2D eigenvalue weighted by molar-refractivity contribution is 0.0385. The number of hydrazine groups is 1. The summed E-state index contributed by atoms with van der Waals surface area (Å²) in [5, 5.41) is 0. The molecule has 0 heterocycles. The van der Waals surface area contributed by atoms with Crippen LogP contribution in [0.4, 0.5) is 0 Å². The van der Waals surface area contributed by atoms with E-state index in [1.165, 1.54) is 37.7 Å². The highest BCUT2D eigenvalue weighted by Crippen LogP contribution is 2.23. The molecule has 1 aromatic rings. The van der Waals surface area contributed by atoms with Crippen molar-refractivity contribution in [1.82, 2.24) is 10.9 Å². The molecule has 0 saturated heterocycles. The van der Waals surface area contributed by atoms with Crippen LogP contribution in [0.15, 0.2) is 30.3 Å². The summed E-state index contributed by atoms with van der Waals surface area (Å²) in [6.45, 7) is 12.1. The molecule has 0 amide bonds. The fourth-order valence-corrected chi connectivity index (χ4v) is 6.71. The number of benzene rings is 1. The normalized spacial score (nSPS) is 18.6. The van der Waals surface area contributed by atoms with Crippen LogP contribution in [0.2, 0.25) is 13.1 Å². The maximum absolute atomic E-state index is 6.62. The smallest absolute Gasteiger partial charge is 0.332 e. The average Bonchev–Trinajstić information content (AvgIpc) is 2.64. The van der Waals surface area contributed by atoms with Crippen molar-refractivity contribution in [3.63, 3.8) is 0 Å². The van der Waals surface area contributed by atoms with E-state index >= 15 is 0 Å². The van der Waals surface area contributed by atoms with Gasteiger partial charge in [0.25, 0.3) is 0 Å². The standard InChI is InChI=1S/C23H43N3O2Si/c1-23(2,3)28-29(4,5)27-22(21(24)16-19-12-8-6-9-13-19)18-26-25-17-20-14-10-7-11-15-20/h6,8-9,12-13,20-22,25-26H,7,10-11,14-18,24H2,1-5H3/t21-,22-/m0/s1.